The molecule has 0 amide bonds. The highest BCUT2D eigenvalue weighted by atomic mass is 16.1. The third-order valence-electron chi connectivity index (χ3n) is 2.04. The van der Waals surface area contributed by atoms with E-state index >= 15 is 0 Å². The van der Waals surface area contributed by atoms with Crippen LogP contribution in [0.2, 0.25) is 0 Å². The van der Waals surface area contributed by atoms with E-state index in [2.05, 4.69) is 19.9 Å². The highest BCUT2D eigenvalue weighted by molar-refractivity contribution is 5.95. The number of hydrogen-bond acceptors (Lipinski definition) is 1. The van der Waals surface area contributed by atoms with Crippen LogP contribution in [0.25, 0.3) is 0 Å². The fraction of sp³-hybridized carbons (Fsp3) is 0.727. The SMILES string of the molecule is CC.CC1=CC(C)(C)CCC1=O. The van der Waals surface area contributed by atoms with Gasteiger partial charge in [-0.2, -0.15) is 0 Å². The number of carbonyl (C=O) groups excluding carboxylic acids is 1. The van der Waals surface area contributed by atoms with Gasteiger partial charge in [0.2, 0.25) is 0 Å². The van der Waals surface area contributed by atoms with Crippen molar-refractivity contribution in [1.29, 1.82) is 0 Å². The smallest absolute Gasteiger partial charge is 0.158 e. The van der Waals surface area contributed by atoms with Crippen molar-refractivity contribution in [3.05, 3.63) is 11.6 Å². The van der Waals surface area contributed by atoms with Crippen molar-refractivity contribution in [3.8, 4) is 0 Å². The van der Waals surface area contributed by atoms with Crippen LogP contribution in [-0.4, -0.2) is 5.78 Å². The summed E-state index contributed by atoms with van der Waals surface area (Å²) in [5, 5.41) is 0. The van der Waals surface area contributed by atoms with E-state index in [-0.39, 0.29) is 5.41 Å². The molecule has 1 heteroatoms. The van der Waals surface area contributed by atoms with E-state index in [1.54, 1.807) is 0 Å². The number of rotatable bonds is 0. The summed E-state index contributed by atoms with van der Waals surface area (Å²) in [4.78, 5) is 11.0. The summed E-state index contributed by atoms with van der Waals surface area (Å²) >= 11 is 0. The molecule has 1 aliphatic carbocycles. The van der Waals surface area contributed by atoms with Gasteiger partial charge in [-0.15, -0.1) is 0 Å². The lowest BCUT2D eigenvalue weighted by atomic mass is 9.80. The van der Waals surface area contributed by atoms with Crippen molar-refractivity contribution in [3.63, 3.8) is 0 Å². The van der Waals surface area contributed by atoms with Gasteiger partial charge >= 0.3 is 0 Å². The normalized spacial score (nSPS) is 20.8. The van der Waals surface area contributed by atoms with E-state index < -0.39 is 0 Å². The van der Waals surface area contributed by atoms with Crippen LogP contribution in [0.1, 0.15) is 47.5 Å². The number of Topliss-reactive ketones (excluding diaryl/α,β-unsaturated/α-hetero) is 1. The quantitative estimate of drug-likeness (QED) is 0.542. The lowest BCUT2D eigenvalue weighted by Gasteiger charge is -2.25. The lowest BCUT2D eigenvalue weighted by molar-refractivity contribution is -0.116. The summed E-state index contributed by atoms with van der Waals surface area (Å²) in [6.07, 6.45) is 3.82. The van der Waals surface area contributed by atoms with E-state index in [0.29, 0.717) is 5.78 Å². The van der Waals surface area contributed by atoms with Crippen LogP contribution in [0.4, 0.5) is 0 Å². The van der Waals surface area contributed by atoms with E-state index in [9.17, 15) is 4.79 Å². The van der Waals surface area contributed by atoms with Gasteiger partial charge in [0, 0.05) is 6.42 Å². The first-order valence-corrected chi connectivity index (χ1v) is 4.74. The molecule has 0 saturated heterocycles. The van der Waals surface area contributed by atoms with Gasteiger partial charge in [-0.1, -0.05) is 33.8 Å². The average Bonchev–Trinajstić information content (AvgIpc) is 2.01. The molecule has 1 nitrogen and oxygen atoms in total. The van der Waals surface area contributed by atoms with Crippen LogP contribution in [0.5, 0.6) is 0 Å². The fourth-order valence-corrected chi connectivity index (χ4v) is 1.37. The third-order valence-corrected chi connectivity index (χ3v) is 2.04. The van der Waals surface area contributed by atoms with Crippen molar-refractivity contribution in [2.24, 2.45) is 5.41 Å². The molecule has 0 fully saturated rings. The number of carbonyl (C=O) groups is 1. The first-order chi connectivity index (χ1) is 5.51. The van der Waals surface area contributed by atoms with Gasteiger partial charge in [0.1, 0.15) is 0 Å². The number of allylic oxidation sites excluding steroid dienone is 2. The highest BCUT2D eigenvalue weighted by Crippen LogP contribution is 2.30. The molecule has 0 radical (unpaired) electrons. The minimum Gasteiger partial charge on any atom is -0.295 e. The van der Waals surface area contributed by atoms with E-state index in [0.717, 1.165) is 18.4 Å². The van der Waals surface area contributed by atoms with Gasteiger partial charge < -0.3 is 0 Å². The average molecular weight is 168 g/mol. The van der Waals surface area contributed by atoms with Crippen LogP contribution in [-0.2, 0) is 4.79 Å². The molecular weight excluding hydrogens is 148 g/mol. The molecule has 0 spiro atoms. The first-order valence-electron chi connectivity index (χ1n) is 4.74. The monoisotopic (exact) mass is 168 g/mol. The number of hydrogen-bond donors (Lipinski definition) is 0. The minimum atomic E-state index is 0.248. The van der Waals surface area contributed by atoms with Gasteiger partial charge in [-0.05, 0) is 24.3 Å². The molecule has 0 aliphatic heterocycles. The molecule has 0 aromatic rings. The van der Waals surface area contributed by atoms with Crippen molar-refractivity contribution >= 4 is 5.78 Å². The second kappa shape index (κ2) is 4.44. The summed E-state index contributed by atoms with van der Waals surface area (Å²) in [7, 11) is 0. The van der Waals surface area contributed by atoms with Gasteiger partial charge in [0.05, 0.1) is 0 Å². The largest absolute Gasteiger partial charge is 0.295 e. The summed E-state index contributed by atoms with van der Waals surface area (Å²) in [5.74, 6) is 0.319. The Morgan fingerprint density at radius 2 is 1.83 bits per heavy atom. The molecular formula is C11H20O. The van der Waals surface area contributed by atoms with Crippen LogP contribution >= 0.6 is 0 Å². The van der Waals surface area contributed by atoms with Gasteiger partial charge in [-0.25, -0.2) is 0 Å². The molecule has 0 unspecified atom stereocenters. The van der Waals surface area contributed by atoms with E-state index in [1.807, 2.05) is 20.8 Å². The molecule has 1 aliphatic rings. The van der Waals surface area contributed by atoms with Gasteiger partial charge in [0.25, 0.3) is 0 Å². The van der Waals surface area contributed by atoms with Gasteiger partial charge in [0.15, 0.2) is 5.78 Å². The maximum absolute atomic E-state index is 11.0. The van der Waals surface area contributed by atoms with E-state index in [4.69, 9.17) is 0 Å². The Balaban J connectivity index is 0.000000561. The predicted molar refractivity (Wildman–Crippen MR) is 53.1 cm³/mol. The molecule has 1 rings (SSSR count). The molecule has 0 aromatic heterocycles. The van der Waals surface area contributed by atoms with Gasteiger partial charge in [-0.3, -0.25) is 4.79 Å². The van der Waals surface area contributed by atoms with Crippen molar-refractivity contribution < 1.29 is 4.79 Å². The van der Waals surface area contributed by atoms with Crippen molar-refractivity contribution in [2.75, 3.05) is 0 Å². The highest BCUT2D eigenvalue weighted by Gasteiger charge is 2.22. The van der Waals surface area contributed by atoms with Crippen LogP contribution in [0.15, 0.2) is 11.6 Å². The molecule has 12 heavy (non-hydrogen) atoms. The second-order valence-electron chi connectivity index (χ2n) is 3.74. The molecule has 0 saturated carbocycles. The standard InChI is InChI=1S/C9H14O.C2H6/c1-7-6-9(2,3)5-4-8(7)10;1-2/h6H,4-5H2,1-3H3;1-2H3. The Labute approximate surface area is 75.9 Å². The van der Waals surface area contributed by atoms with Crippen LogP contribution in [0.3, 0.4) is 0 Å². The first kappa shape index (κ1) is 11.4. The molecule has 0 N–H and O–H groups in total. The van der Waals surface area contributed by atoms with E-state index in [1.165, 1.54) is 0 Å². The molecule has 0 aromatic carbocycles. The Morgan fingerprint density at radius 3 is 2.17 bits per heavy atom. The fourth-order valence-electron chi connectivity index (χ4n) is 1.37. The Bertz CT molecular complexity index is 187. The number of ketones is 1. The van der Waals surface area contributed by atoms with Crippen molar-refractivity contribution in [2.45, 2.75) is 47.5 Å². The zero-order valence-electron chi connectivity index (χ0n) is 8.90. The molecule has 70 valence electrons. The summed E-state index contributed by atoms with van der Waals surface area (Å²) in [6.45, 7) is 10.2. The summed E-state index contributed by atoms with van der Waals surface area (Å²) in [5.41, 5.74) is 1.19. The Morgan fingerprint density at radius 1 is 1.33 bits per heavy atom. The lowest BCUT2D eigenvalue weighted by Crippen LogP contribution is -2.18. The molecule has 0 atom stereocenters. The zero-order valence-corrected chi connectivity index (χ0v) is 8.90. The minimum absolute atomic E-state index is 0.248. The predicted octanol–water partition coefficient (Wildman–Crippen LogP) is 3.35. The second-order valence-corrected chi connectivity index (χ2v) is 3.74. The summed E-state index contributed by atoms with van der Waals surface area (Å²) < 4.78 is 0. The topological polar surface area (TPSA) is 17.1 Å². The third kappa shape index (κ3) is 3.21. The Kier molecular flexibility index (Phi) is 4.22. The van der Waals surface area contributed by atoms with Crippen LogP contribution in [0, 0.1) is 5.41 Å². The van der Waals surface area contributed by atoms with Crippen molar-refractivity contribution in [1.82, 2.24) is 0 Å². The molecule has 0 heterocycles. The van der Waals surface area contributed by atoms with Crippen LogP contribution < -0.4 is 0 Å². The maximum Gasteiger partial charge on any atom is 0.158 e. The maximum atomic E-state index is 11.0. The zero-order chi connectivity index (χ0) is 9.78. The summed E-state index contributed by atoms with van der Waals surface area (Å²) in [6, 6.07) is 0. The Hall–Kier alpha value is -0.590. The molecule has 0 bridgehead atoms.